The lowest BCUT2D eigenvalue weighted by Gasteiger charge is -2.36. The number of rotatable bonds is 3. The first-order chi connectivity index (χ1) is 10.6. The molecule has 114 valence electrons. The molecule has 0 bridgehead atoms. The minimum Gasteiger partial charge on any atom is -0.385 e. The molecule has 1 amide bonds. The van der Waals surface area contributed by atoms with Gasteiger partial charge >= 0.3 is 0 Å². The van der Waals surface area contributed by atoms with Gasteiger partial charge in [0.15, 0.2) is 0 Å². The Morgan fingerprint density at radius 2 is 1.73 bits per heavy atom. The molecule has 2 atom stereocenters. The Labute approximate surface area is 129 Å². The number of nitrogens with two attached hydrogens (primary N) is 1. The molecule has 1 fully saturated rings. The second-order valence-electron chi connectivity index (χ2n) is 5.69. The van der Waals surface area contributed by atoms with Crippen LogP contribution >= 0.6 is 0 Å². The third-order valence-corrected chi connectivity index (χ3v) is 4.20. The average Bonchev–Trinajstić information content (AvgIpc) is 2.56. The van der Waals surface area contributed by atoms with Gasteiger partial charge in [-0.3, -0.25) is 4.79 Å². The maximum atomic E-state index is 11.3. The zero-order valence-corrected chi connectivity index (χ0v) is 12.2. The monoisotopic (exact) mass is 297 g/mol. The summed E-state index contributed by atoms with van der Waals surface area (Å²) in [5.74, 6) is -0.529. The predicted octanol–water partition coefficient (Wildman–Crippen LogP) is 2.21. The van der Waals surface area contributed by atoms with Crippen LogP contribution < -0.4 is 5.73 Å². The lowest BCUT2D eigenvalue weighted by molar-refractivity contribution is -0.147. The molecule has 2 aromatic rings. The Morgan fingerprint density at radius 1 is 1.09 bits per heavy atom. The smallest absolute Gasteiger partial charge is 0.246 e. The van der Waals surface area contributed by atoms with E-state index >= 15 is 0 Å². The summed E-state index contributed by atoms with van der Waals surface area (Å²) in [5.41, 5.74) is 7.24. The summed E-state index contributed by atoms with van der Waals surface area (Å²) in [5, 5.41) is 10.8. The topological polar surface area (TPSA) is 72.6 Å². The Hall–Kier alpha value is -2.17. The lowest BCUT2D eigenvalue weighted by atomic mass is 9.83. The van der Waals surface area contributed by atoms with Gasteiger partial charge in [-0.15, -0.1) is 0 Å². The molecule has 1 heterocycles. The summed E-state index contributed by atoms with van der Waals surface area (Å²) in [4.78, 5) is 11.3. The van der Waals surface area contributed by atoms with Crippen molar-refractivity contribution in [1.82, 2.24) is 0 Å². The van der Waals surface area contributed by atoms with Crippen molar-refractivity contribution in [3.8, 4) is 11.1 Å². The highest BCUT2D eigenvalue weighted by Crippen LogP contribution is 2.35. The molecule has 1 unspecified atom stereocenters. The van der Waals surface area contributed by atoms with Crippen LogP contribution in [0.2, 0.25) is 0 Å². The highest BCUT2D eigenvalue weighted by atomic mass is 16.5. The number of hydrogen-bond acceptors (Lipinski definition) is 3. The van der Waals surface area contributed by atoms with Crippen LogP contribution in [0.5, 0.6) is 0 Å². The molecule has 2 aromatic carbocycles. The van der Waals surface area contributed by atoms with E-state index in [4.69, 9.17) is 10.5 Å². The van der Waals surface area contributed by atoms with Crippen molar-refractivity contribution in [2.75, 3.05) is 6.61 Å². The highest BCUT2D eigenvalue weighted by Gasteiger charge is 2.38. The first-order valence-corrected chi connectivity index (χ1v) is 7.38. The van der Waals surface area contributed by atoms with Crippen molar-refractivity contribution in [3.05, 3.63) is 60.2 Å². The van der Waals surface area contributed by atoms with Crippen LogP contribution in [0.4, 0.5) is 0 Å². The first-order valence-electron chi connectivity index (χ1n) is 7.38. The molecule has 0 saturated carbocycles. The number of aliphatic hydroxyl groups is 1. The van der Waals surface area contributed by atoms with Gasteiger partial charge < -0.3 is 15.6 Å². The average molecular weight is 297 g/mol. The molecule has 1 aliphatic heterocycles. The van der Waals surface area contributed by atoms with E-state index in [1.807, 2.05) is 54.6 Å². The van der Waals surface area contributed by atoms with E-state index in [0.29, 0.717) is 13.0 Å². The second kappa shape index (κ2) is 5.91. The van der Waals surface area contributed by atoms with Gasteiger partial charge in [-0.1, -0.05) is 54.6 Å². The molecular weight excluding hydrogens is 278 g/mol. The van der Waals surface area contributed by atoms with Gasteiger partial charge in [-0.2, -0.15) is 0 Å². The third kappa shape index (κ3) is 2.89. The summed E-state index contributed by atoms with van der Waals surface area (Å²) in [7, 11) is 0. The Kier molecular flexibility index (Phi) is 3.96. The van der Waals surface area contributed by atoms with E-state index in [-0.39, 0.29) is 6.42 Å². The fraction of sp³-hybridized carbons (Fsp3) is 0.278. The minimum absolute atomic E-state index is 0.201. The molecule has 4 heteroatoms. The van der Waals surface area contributed by atoms with E-state index in [1.165, 1.54) is 0 Å². The number of primary amides is 1. The normalized spacial score (nSPS) is 24.9. The van der Waals surface area contributed by atoms with Gasteiger partial charge in [0, 0.05) is 12.8 Å². The Balaban J connectivity index is 1.84. The quantitative estimate of drug-likeness (QED) is 0.912. The molecule has 3 rings (SSSR count). The number of hydrogen-bond donors (Lipinski definition) is 2. The zero-order valence-electron chi connectivity index (χ0n) is 12.2. The van der Waals surface area contributed by atoms with E-state index in [9.17, 15) is 9.90 Å². The molecule has 1 saturated heterocycles. The Bertz CT molecular complexity index is 654. The summed E-state index contributed by atoms with van der Waals surface area (Å²) < 4.78 is 5.31. The molecular formula is C18H19NO3. The molecule has 0 spiro atoms. The van der Waals surface area contributed by atoms with Crippen molar-refractivity contribution in [1.29, 1.82) is 0 Å². The van der Waals surface area contributed by atoms with Crippen LogP contribution in [0, 0.1) is 0 Å². The largest absolute Gasteiger partial charge is 0.385 e. The number of carbonyl (C=O) groups excluding carboxylic acids is 1. The van der Waals surface area contributed by atoms with Crippen molar-refractivity contribution in [3.63, 3.8) is 0 Å². The van der Waals surface area contributed by atoms with Gasteiger partial charge in [-0.25, -0.2) is 0 Å². The van der Waals surface area contributed by atoms with E-state index in [0.717, 1.165) is 16.7 Å². The number of carbonyl (C=O) groups is 1. The number of ether oxygens (including phenoxy) is 1. The van der Waals surface area contributed by atoms with Gasteiger partial charge in [-0.05, 0) is 16.7 Å². The fourth-order valence-electron chi connectivity index (χ4n) is 2.89. The van der Waals surface area contributed by atoms with Crippen LogP contribution in [0.3, 0.4) is 0 Å². The van der Waals surface area contributed by atoms with Crippen LogP contribution in [-0.4, -0.2) is 23.7 Å². The minimum atomic E-state index is -1.06. The molecule has 0 aliphatic carbocycles. The molecule has 4 nitrogen and oxygen atoms in total. The zero-order chi connectivity index (χ0) is 15.6. The lowest BCUT2D eigenvalue weighted by Crippen LogP contribution is -2.44. The standard InChI is InChI=1S/C18H19NO3/c19-17(20)16-12-18(21,10-11-22-16)15-8-6-14(7-9-15)13-4-2-1-3-5-13/h1-9,16,21H,10-12H2,(H2,19,20)/t16?,18-/m1/s1. The molecule has 0 aromatic heterocycles. The van der Waals surface area contributed by atoms with Gasteiger partial charge in [0.25, 0.3) is 0 Å². The van der Waals surface area contributed by atoms with E-state index < -0.39 is 17.6 Å². The van der Waals surface area contributed by atoms with Gasteiger partial charge in [0.1, 0.15) is 6.10 Å². The van der Waals surface area contributed by atoms with Crippen LogP contribution in [0.1, 0.15) is 18.4 Å². The SMILES string of the molecule is NC(=O)C1C[C@@](O)(c2ccc(-c3ccccc3)cc2)CCO1. The Morgan fingerprint density at radius 3 is 2.36 bits per heavy atom. The fourth-order valence-corrected chi connectivity index (χ4v) is 2.89. The maximum absolute atomic E-state index is 11.3. The molecule has 1 aliphatic rings. The van der Waals surface area contributed by atoms with Crippen molar-refractivity contribution in [2.24, 2.45) is 5.73 Å². The second-order valence-corrected chi connectivity index (χ2v) is 5.69. The number of benzene rings is 2. The van der Waals surface area contributed by atoms with Gasteiger partial charge in [0.05, 0.1) is 12.2 Å². The molecule has 22 heavy (non-hydrogen) atoms. The van der Waals surface area contributed by atoms with Crippen LogP contribution in [-0.2, 0) is 15.1 Å². The number of amides is 1. The van der Waals surface area contributed by atoms with Crippen LogP contribution in [0.15, 0.2) is 54.6 Å². The summed E-state index contributed by atoms with van der Waals surface area (Å²) in [6, 6.07) is 17.8. The summed E-state index contributed by atoms with van der Waals surface area (Å²) >= 11 is 0. The maximum Gasteiger partial charge on any atom is 0.246 e. The predicted molar refractivity (Wildman–Crippen MR) is 83.9 cm³/mol. The van der Waals surface area contributed by atoms with Gasteiger partial charge in [0.2, 0.25) is 5.91 Å². The highest BCUT2D eigenvalue weighted by molar-refractivity contribution is 5.79. The summed E-state index contributed by atoms with van der Waals surface area (Å²) in [6.45, 7) is 0.324. The van der Waals surface area contributed by atoms with E-state index in [1.54, 1.807) is 0 Å². The first kappa shape index (κ1) is 14.8. The molecule has 0 radical (unpaired) electrons. The van der Waals surface area contributed by atoms with Crippen molar-refractivity contribution >= 4 is 5.91 Å². The third-order valence-electron chi connectivity index (χ3n) is 4.20. The van der Waals surface area contributed by atoms with Crippen molar-refractivity contribution < 1.29 is 14.6 Å². The summed E-state index contributed by atoms with van der Waals surface area (Å²) in [6.07, 6.45) is -0.0679. The molecule has 3 N–H and O–H groups in total. The van der Waals surface area contributed by atoms with E-state index in [2.05, 4.69) is 0 Å². The van der Waals surface area contributed by atoms with Crippen molar-refractivity contribution in [2.45, 2.75) is 24.5 Å². The van der Waals surface area contributed by atoms with Crippen LogP contribution in [0.25, 0.3) is 11.1 Å².